The quantitative estimate of drug-likeness (QED) is 0.141. The molecule has 8 rings (SSSR count). The number of hydrogen-bond acceptors (Lipinski definition) is 1. The number of hydrogen-bond donors (Lipinski definition) is 1. The molecule has 1 aromatic heterocycles. The van der Waals surface area contributed by atoms with Crippen LogP contribution in [0.4, 0.5) is 0 Å². The molecule has 2 aliphatic carbocycles. The van der Waals surface area contributed by atoms with E-state index in [0.717, 1.165) is 31.2 Å². The Balaban J connectivity index is 1.23. The maximum atomic E-state index is 6.75. The molecule has 48 heavy (non-hydrogen) atoms. The Kier molecular flexibility index (Phi) is 7.40. The lowest BCUT2D eigenvalue weighted by molar-refractivity contribution is 1.03. The highest BCUT2D eigenvalue weighted by Crippen LogP contribution is 2.43. The van der Waals surface area contributed by atoms with E-state index < -0.39 is 0 Å². The summed E-state index contributed by atoms with van der Waals surface area (Å²) in [4.78, 5) is 5.01. The average Bonchev–Trinajstić information content (AvgIpc) is 3.63. The molecule has 2 N–H and O–H groups in total. The number of nitrogens with zero attached hydrogens (tertiary/aromatic N) is 2. The molecule has 0 amide bonds. The maximum Gasteiger partial charge on any atom is 0.139 e. The van der Waals surface area contributed by atoms with Crippen LogP contribution in [0, 0.1) is 6.92 Å². The second-order valence-corrected chi connectivity index (χ2v) is 13.8. The third-order valence-corrected chi connectivity index (χ3v) is 11.3. The summed E-state index contributed by atoms with van der Waals surface area (Å²) in [5, 5.41) is 2.59. The molecule has 7 heteroatoms. The Morgan fingerprint density at radius 2 is 1.62 bits per heavy atom. The molecule has 1 heterocycles. The second kappa shape index (κ2) is 11.7. The Bertz CT molecular complexity index is 2380. The summed E-state index contributed by atoms with van der Waals surface area (Å²) >= 11 is 0. The minimum atomic E-state index is 0.553. The van der Waals surface area contributed by atoms with Crippen molar-refractivity contribution in [2.75, 3.05) is 0 Å². The van der Waals surface area contributed by atoms with E-state index in [4.69, 9.17) is 10.7 Å². The van der Waals surface area contributed by atoms with Crippen LogP contribution in [0.2, 0.25) is 0 Å². The number of nitrogens with two attached hydrogens (primary N) is 1. The fourth-order valence-electron chi connectivity index (χ4n) is 8.37. The normalized spacial score (nSPS) is 14.9. The van der Waals surface area contributed by atoms with Gasteiger partial charge >= 0.3 is 0 Å². The van der Waals surface area contributed by atoms with Gasteiger partial charge in [-0.1, -0.05) is 84.3 Å². The van der Waals surface area contributed by atoms with E-state index in [9.17, 15) is 0 Å². The van der Waals surface area contributed by atoms with Gasteiger partial charge in [-0.15, -0.1) is 10.9 Å². The Hall–Kier alpha value is -4.89. The SMILES string of the molecule is Bc1c(B)c(B)c(/C(N)=N/Cc2cccc3c2-c2ccc(-n4c5ccccc5c5ccc6c(c54)C/C=C\CCC6=C)cc2C3)c(C)c1B. The average molecular weight is 617 g/mol. The van der Waals surface area contributed by atoms with Crippen molar-refractivity contribution in [3.63, 3.8) is 0 Å². The molecule has 0 saturated carbocycles. The van der Waals surface area contributed by atoms with Crippen molar-refractivity contribution in [2.45, 2.75) is 39.2 Å². The predicted molar refractivity (Wildman–Crippen MR) is 218 cm³/mol. The van der Waals surface area contributed by atoms with Crippen LogP contribution in [0.5, 0.6) is 0 Å². The lowest BCUT2D eigenvalue weighted by Crippen LogP contribution is -2.51. The van der Waals surface area contributed by atoms with E-state index in [1.165, 1.54) is 99.4 Å². The van der Waals surface area contributed by atoms with Crippen LogP contribution in [-0.4, -0.2) is 41.8 Å². The van der Waals surface area contributed by atoms with Gasteiger partial charge in [-0.3, -0.25) is 4.99 Å². The van der Waals surface area contributed by atoms with Crippen LogP contribution in [-0.2, 0) is 19.4 Å². The first-order valence-electron chi connectivity index (χ1n) is 17.2. The minimum absolute atomic E-state index is 0.553. The zero-order valence-corrected chi connectivity index (χ0v) is 28.8. The highest BCUT2D eigenvalue weighted by Gasteiger charge is 2.24. The zero-order valence-electron chi connectivity index (χ0n) is 28.8. The van der Waals surface area contributed by atoms with Crippen molar-refractivity contribution >= 4 is 86.5 Å². The van der Waals surface area contributed by atoms with Crippen LogP contribution in [0.3, 0.4) is 0 Å². The minimum Gasteiger partial charge on any atom is -0.384 e. The van der Waals surface area contributed by atoms with E-state index in [0.29, 0.717) is 12.4 Å². The number of aromatic nitrogens is 1. The summed E-state index contributed by atoms with van der Waals surface area (Å²) in [7, 11) is 8.74. The lowest BCUT2D eigenvalue weighted by atomic mass is 9.63. The second-order valence-electron chi connectivity index (χ2n) is 13.8. The summed E-state index contributed by atoms with van der Waals surface area (Å²) in [6.07, 6.45) is 8.52. The summed E-state index contributed by atoms with van der Waals surface area (Å²) in [6.45, 7) is 7.22. The summed E-state index contributed by atoms with van der Waals surface area (Å²) in [5.41, 5.74) is 28.4. The van der Waals surface area contributed by atoms with Gasteiger partial charge < -0.3 is 10.3 Å². The number of fused-ring (bicyclic) bond motifs is 8. The fourth-order valence-corrected chi connectivity index (χ4v) is 8.37. The molecule has 0 spiro atoms. The molecule has 2 aliphatic rings. The number of allylic oxidation sites excluding steroid dienone is 3. The first kappa shape index (κ1) is 30.4. The summed E-state index contributed by atoms with van der Waals surface area (Å²) in [5.74, 6) is 0.626. The van der Waals surface area contributed by atoms with Crippen LogP contribution < -0.4 is 27.6 Å². The molecule has 0 unspecified atom stereocenters. The van der Waals surface area contributed by atoms with Crippen molar-refractivity contribution in [2.24, 2.45) is 10.7 Å². The van der Waals surface area contributed by atoms with Gasteiger partial charge in [0.25, 0.3) is 0 Å². The van der Waals surface area contributed by atoms with Crippen LogP contribution >= 0.6 is 0 Å². The van der Waals surface area contributed by atoms with E-state index in [1.54, 1.807) is 0 Å². The van der Waals surface area contributed by atoms with Gasteiger partial charge in [0, 0.05) is 22.0 Å². The van der Waals surface area contributed by atoms with E-state index >= 15 is 0 Å². The van der Waals surface area contributed by atoms with E-state index in [1.807, 2.05) is 0 Å². The lowest BCUT2D eigenvalue weighted by Gasteiger charge is -2.19. The van der Waals surface area contributed by atoms with Gasteiger partial charge in [-0.05, 0) is 101 Å². The molecule has 6 aromatic rings. The first-order chi connectivity index (χ1) is 23.2. The molecule has 0 radical (unpaired) electrons. The highest BCUT2D eigenvalue weighted by atomic mass is 15.0. The Labute approximate surface area is 287 Å². The molecular formula is C41H39B4N3. The smallest absolute Gasteiger partial charge is 0.139 e. The van der Waals surface area contributed by atoms with Gasteiger partial charge in [0.15, 0.2) is 0 Å². The van der Waals surface area contributed by atoms with Gasteiger partial charge in [-0.25, -0.2) is 0 Å². The third kappa shape index (κ3) is 4.66. The molecule has 0 saturated heterocycles. The van der Waals surface area contributed by atoms with Crippen molar-refractivity contribution in [3.05, 3.63) is 130 Å². The number of rotatable bonds is 4. The molecule has 0 bridgehead atoms. The van der Waals surface area contributed by atoms with Gasteiger partial charge in [0.1, 0.15) is 37.2 Å². The van der Waals surface area contributed by atoms with Crippen molar-refractivity contribution in [3.8, 4) is 16.8 Å². The summed E-state index contributed by atoms with van der Waals surface area (Å²) in [6, 6.07) is 27.2. The van der Waals surface area contributed by atoms with Crippen LogP contribution in [0.25, 0.3) is 44.2 Å². The maximum absolute atomic E-state index is 6.75. The first-order valence-corrected chi connectivity index (χ1v) is 17.2. The van der Waals surface area contributed by atoms with Crippen molar-refractivity contribution in [1.82, 2.24) is 4.57 Å². The topological polar surface area (TPSA) is 43.3 Å². The standard InChI is InChI=1S/C41H39B4N3/c1-22-9-4-3-5-13-31-28(22)17-18-32-30-12-6-7-14-33(30)48(40(31)32)27-15-16-29-26(20-27)19-24-10-8-11-25(35(24)29)21-47-41(46)34-23(2)36(42)38(44)39(45)37(34)43/h3,5-8,10-12,14-18,20H,1,4,9,13,19,21,42-45H2,2H3,(H2,46,47)/b5-3-. The molecule has 0 atom stereocenters. The molecule has 0 fully saturated rings. The predicted octanol–water partition coefficient (Wildman–Crippen LogP) is 2.51. The third-order valence-electron chi connectivity index (χ3n) is 11.3. The van der Waals surface area contributed by atoms with E-state index in [-0.39, 0.29) is 0 Å². The molecule has 230 valence electrons. The van der Waals surface area contributed by atoms with Crippen LogP contribution in [0.15, 0.2) is 96.5 Å². The van der Waals surface area contributed by atoms with Crippen LogP contribution in [0.1, 0.15) is 51.8 Å². The van der Waals surface area contributed by atoms with E-state index in [2.05, 4.69) is 134 Å². The molecular weight excluding hydrogens is 578 g/mol. The van der Waals surface area contributed by atoms with Gasteiger partial charge in [0.2, 0.25) is 0 Å². The largest absolute Gasteiger partial charge is 0.384 e. The van der Waals surface area contributed by atoms with Crippen molar-refractivity contribution < 1.29 is 0 Å². The molecule has 5 aromatic carbocycles. The number of aliphatic imine (C=N–C) groups is 1. The highest BCUT2D eigenvalue weighted by molar-refractivity contribution is 6.64. The Morgan fingerprint density at radius 1 is 0.833 bits per heavy atom. The number of para-hydroxylation sites is 1. The number of amidine groups is 1. The summed E-state index contributed by atoms with van der Waals surface area (Å²) < 4.78 is 2.50. The van der Waals surface area contributed by atoms with Gasteiger partial charge in [0.05, 0.1) is 17.6 Å². The van der Waals surface area contributed by atoms with Gasteiger partial charge in [-0.2, -0.15) is 0 Å². The van der Waals surface area contributed by atoms with Crippen molar-refractivity contribution in [1.29, 1.82) is 0 Å². The fraction of sp³-hybridized carbons (Fsp3) is 0.146. The molecule has 0 aliphatic heterocycles. The Morgan fingerprint density at radius 3 is 2.48 bits per heavy atom. The monoisotopic (exact) mass is 617 g/mol. The molecule has 3 nitrogen and oxygen atoms in total. The zero-order chi connectivity index (χ0) is 33.3. The number of benzene rings is 5.